The Morgan fingerprint density at radius 2 is 2.16 bits per heavy atom. The van der Waals surface area contributed by atoms with E-state index < -0.39 is 0 Å². The lowest BCUT2D eigenvalue weighted by molar-refractivity contribution is 0.367. The molecule has 106 valence electrons. The maximum absolute atomic E-state index is 11.6. The zero-order chi connectivity index (χ0) is 13.8. The zero-order valence-corrected chi connectivity index (χ0v) is 12.2. The summed E-state index contributed by atoms with van der Waals surface area (Å²) in [5, 5.41) is 3.55. The molecule has 0 saturated carbocycles. The molecule has 1 fully saturated rings. The van der Waals surface area contributed by atoms with E-state index in [-0.39, 0.29) is 16.6 Å². The van der Waals surface area contributed by atoms with E-state index in [9.17, 15) is 4.79 Å². The molecule has 1 aliphatic heterocycles. The molecule has 2 rings (SSSR count). The van der Waals surface area contributed by atoms with Crippen molar-refractivity contribution in [1.82, 2.24) is 15.3 Å². The maximum Gasteiger partial charge on any atom is 0.271 e. The van der Waals surface area contributed by atoms with Gasteiger partial charge < -0.3 is 15.2 Å². The number of piperidine rings is 1. The number of nitrogens with one attached hydrogen (secondary N) is 2. The topological polar surface area (TPSA) is 61.0 Å². The first kappa shape index (κ1) is 14.3. The van der Waals surface area contributed by atoms with Gasteiger partial charge in [-0.15, -0.1) is 0 Å². The summed E-state index contributed by atoms with van der Waals surface area (Å²) < 4.78 is 0. The molecule has 0 aliphatic carbocycles. The molecule has 0 unspecified atom stereocenters. The van der Waals surface area contributed by atoms with E-state index in [1.165, 1.54) is 6.33 Å². The summed E-state index contributed by atoms with van der Waals surface area (Å²) in [6.45, 7) is 7.22. The lowest BCUT2D eigenvalue weighted by atomic mass is 9.97. The first-order valence-electron chi connectivity index (χ1n) is 6.80. The van der Waals surface area contributed by atoms with Crippen LogP contribution in [0.2, 0.25) is 5.02 Å². The second-order valence-corrected chi connectivity index (χ2v) is 5.69. The van der Waals surface area contributed by atoms with Gasteiger partial charge in [0.25, 0.3) is 5.56 Å². The molecule has 1 saturated heterocycles. The van der Waals surface area contributed by atoms with Gasteiger partial charge in [-0.1, -0.05) is 11.6 Å². The average Bonchev–Trinajstić information content (AvgIpc) is 2.40. The highest BCUT2D eigenvalue weighted by molar-refractivity contribution is 6.32. The Morgan fingerprint density at radius 1 is 1.47 bits per heavy atom. The van der Waals surface area contributed by atoms with E-state index >= 15 is 0 Å². The van der Waals surface area contributed by atoms with Gasteiger partial charge in [0.2, 0.25) is 0 Å². The number of hydrogen-bond donors (Lipinski definition) is 2. The predicted molar refractivity (Wildman–Crippen MR) is 77.9 cm³/mol. The Labute approximate surface area is 118 Å². The van der Waals surface area contributed by atoms with E-state index in [0.717, 1.165) is 32.5 Å². The van der Waals surface area contributed by atoms with Crippen LogP contribution in [0.5, 0.6) is 0 Å². The van der Waals surface area contributed by atoms with Gasteiger partial charge in [0, 0.05) is 12.6 Å². The molecule has 1 aromatic heterocycles. The Hall–Kier alpha value is -1.07. The normalized spacial score (nSPS) is 16.8. The molecule has 6 heteroatoms. The van der Waals surface area contributed by atoms with E-state index in [4.69, 9.17) is 11.6 Å². The van der Waals surface area contributed by atoms with E-state index in [0.29, 0.717) is 11.7 Å². The molecule has 1 aliphatic rings. The van der Waals surface area contributed by atoms with Gasteiger partial charge in [0.1, 0.15) is 5.02 Å². The van der Waals surface area contributed by atoms with Crippen molar-refractivity contribution in [2.45, 2.75) is 32.7 Å². The number of hydrogen-bond acceptors (Lipinski definition) is 4. The highest BCUT2D eigenvalue weighted by Gasteiger charge is 2.22. The van der Waals surface area contributed by atoms with Crippen molar-refractivity contribution in [3.05, 3.63) is 21.7 Å². The molecule has 0 bridgehead atoms. The predicted octanol–water partition coefficient (Wildman–Crippen LogP) is 1.64. The summed E-state index contributed by atoms with van der Waals surface area (Å²) in [6.07, 6.45) is 3.73. The van der Waals surface area contributed by atoms with Gasteiger partial charge >= 0.3 is 0 Å². The van der Waals surface area contributed by atoms with Crippen LogP contribution in [0.1, 0.15) is 26.7 Å². The van der Waals surface area contributed by atoms with Crippen LogP contribution in [-0.2, 0) is 0 Å². The highest BCUT2D eigenvalue weighted by Crippen LogP contribution is 2.24. The Morgan fingerprint density at radius 3 is 2.79 bits per heavy atom. The summed E-state index contributed by atoms with van der Waals surface area (Å²) in [7, 11) is 0. The maximum atomic E-state index is 11.6. The van der Waals surface area contributed by atoms with Crippen LogP contribution in [0.3, 0.4) is 0 Å². The van der Waals surface area contributed by atoms with Crippen molar-refractivity contribution >= 4 is 17.4 Å². The SMILES string of the molecule is CC(C)N(CC1CCNCC1)c1nc[nH]c(=O)c1Cl. The number of nitrogens with zero attached hydrogens (tertiary/aromatic N) is 2. The Bertz CT molecular complexity index is 468. The lowest BCUT2D eigenvalue weighted by Gasteiger charge is -2.33. The van der Waals surface area contributed by atoms with Gasteiger partial charge in [-0.3, -0.25) is 4.79 Å². The molecule has 0 radical (unpaired) electrons. The summed E-state index contributed by atoms with van der Waals surface area (Å²) in [4.78, 5) is 20.5. The third-order valence-corrected chi connectivity index (χ3v) is 3.93. The number of rotatable bonds is 4. The van der Waals surface area contributed by atoms with Crippen molar-refractivity contribution in [2.24, 2.45) is 5.92 Å². The number of aromatic amines is 1. The molecule has 0 aromatic carbocycles. The monoisotopic (exact) mass is 284 g/mol. The van der Waals surface area contributed by atoms with Gasteiger partial charge in [-0.25, -0.2) is 4.98 Å². The van der Waals surface area contributed by atoms with Crippen molar-refractivity contribution < 1.29 is 0 Å². The fraction of sp³-hybridized carbons (Fsp3) is 0.692. The molecule has 19 heavy (non-hydrogen) atoms. The van der Waals surface area contributed by atoms with E-state index in [2.05, 4.69) is 34.0 Å². The minimum atomic E-state index is -0.275. The third-order valence-electron chi connectivity index (χ3n) is 3.59. The van der Waals surface area contributed by atoms with Crippen molar-refractivity contribution in [2.75, 3.05) is 24.5 Å². The van der Waals surface area contributed by atoms with Crippen LogP contribution in [0.15, 0.2) is 11.1 Å². The summed E-state index contributed by atoms with van der Waals surface area (Å²) in [6, 6.07) is 0.265. The lowest BCUT2D eigenvalue weighted by Crippen LogP contribution is -2.40. The number of H-pyrrole nitrogens is 1. The molecular formula is C13H21ClN4O. The molecule has 0 amide bonds. The van der Waals surface area contributed by atoms with E-state index in [1.807, 2.05) is 0 Å². The molecule has 2 N–H and O–H groups in total. The minimum absolute atomic E-state index is 0.185. The molecular weight excluding hydrogens is 264 g/mol. The average molecular weight is 285 g/mol. The van der Waals surface area contributed by atoms with Crippen molar-refractivity contribution in [3.63, 3.8) is 0 Å². The van der Waals surface area contributed by atoms with Crippen molar-refractivity contribution in [3.8, 4) is 0 Å². The second kappa shape index (κ2) is 6.39. The molecule has 1 aromatic rings. The quantitative estimate of drug-likeness (QED) is 0.882. The van der Waals surface area contributed by atoms with Crippen LogP contribution in [0, 0.1) is 5.92 Å². The van der Waals surface area contributed by atoms with Gasteiger partial charge in [-0.2, -0.15) is 0 Å². The smallest absolute Gasteiger partial charge is 0.271 e. The number of aromatic nitrogens is 2. The minimum Gasteiger partial charge on any atom is -0.352 e. The van der Waals surface area contributed by atoms with Crippen LogP contribution in [-0.4, -0.2) is 35.6 Å². The molecule has 0 atom stereocenters. The first-order valence-corrected chi connectivity index (χ1v) is 7.18. The second-order valence-electron chi connectivity index (χ2n) is 5.31. The zero-order valence-electron chi connectivity index (χ0n) is 11.4. The number of halogens is 1. The fourth-order valence-corrected chi connectivity index (χ4v) is 2.67. The first-order chi connectivity index (χ1) is 9.09. The molecule has 0 spiro atoms. The Kier molecular flexibility index (Phi) is 4.82. The summed E-state index contributed by atoms with van der Waals surface area (Å²) in [5.41, 5.74) is -0.275. The third kappa shape index (κ3) is 3.48. The van der Waals surface area contributed by atoms with Gasteiger partial charge in [-0.05, 0) is 45.7 Å². The highest BCUT2D eigenvalue weighted by atomic mass is 35.5. The van der Waals surface area contributed by atoms with Crippen LogP contribution >= 0.6 is 11.6 Å². The standard InChI is InChI=1S/C13H21ClN4O/c1-9(2)18(7-10-3-5-15-6-4-10)12-11(14)13(19)17-8-16-12/h8-10,15H,3-7H2,1-2H3,(H,16,17,19). The fourth-order valence-electron chi connectivity index (χ4n) is 2.46. The van der Waals surface area contributed by atoms with Crippen LogP contribution in [0.25, 0.3) is 0 Å². The molecule has 2 heterocycles. The number of anilines is 1. The van der Waals surface area contributed by atoms with Crippen LogP contribution < -0.4 is 15.8 Å². The Balaban J connectivity index is 2.19. The summed E-state index contributed by atoms with van der Waals surface area (Å²) in [5.74, 6) is 1.22. The van der Waals surface area contributed by atoms with Gasteiger partial charge in [0.05, 0.1) is 6.33 Å². The van der Waals surface area contributed by atoms with Crippen LogP contribution in [0.4, 0.5) is 5.82 Å². The van der Waals surface area contributed by atoms with E-state index in [1.54, 1.807) is 0 Å². The summed E-state index contributed by atoms with van der Waals surface area (Å²) >= 11 is 6.09. The van der Waals surface area contributed by atoms with Gasteiger partial charge in [0.15, 0.2) is 5.82 Å². The molecule has 5 nitrogen and oxygen atoms in total. The largest absolute Gasteiger partial charge is 0.352 e. The van der Waals surface area contributed by atoms with Crippen molar-refractivity contribution in [1.29, 1.82) is 0 Å².